The van der Waals surface area contributed by atoms with Crippen molar-refractivity contribution in [2.45, 2.75) is 13.8 Å². The van der Waals surface area contributed by atoms with Gasteiger partial charge < -0.3 is 19.1 Å². The highest BCUT2D eigenvalue weighted by atomic mass is 32.1. The molecule has 2 aromatic carbocycles. The van der Waals surface area contributed by atoms with Gasteiger partial charge in [0.25, 0.3) is 11.8 Å². The Balaban J connectivity index is 1.29. The smallest absolute Gasteiger partial charge is 0.277 e. The minimum Gasteiger partial charge on any atom is -0.494 e. The second kappa shape index (κ2) is 9.32. The summed E-state index contributed by atoms with van der Waals surface area (Å²) in [5.74, 6) is 1.77. The monoisotopic (exact) mass is 472 g/mol. The fraction of sp³-hybridized carbons (Fsp3) is 0.120. The van der Waals surface area contributed by atoms with E-state index in [1.807, 2.05) is 56.3 Å². The highest BCUT2D eigenvalue weighted by Crippen LogP contribution is 2.29. The van der Waals surface area contributed by atoms with Gasteiger partial charge in [0.1, 0.15) is 5.75 Å². The van der Waals surface area contributed by atoms with E-state index in [1.54, 1.807) is 35.6 Å². The summed E-state index contributed by atoms with van der Waals surface area (Å²) in [5, 5.41) is 10.8. The lowest BCUT2D eigenvalue weighted by Crippen LogP contribution is -2.12. The Bertz CT molecular complexity index is 1440. The molecule has 0 saturated carbocycles. The average Bonchev–Trinajstić information content (AvgIpc) is 3.61. The number of amides is 1. The normalized spacial score (nSPS) is 10.9. The van der Waals surface area contributed by atoms with Crippen LogP contribution in [0.1, 0.15) is 22.3 Å². The van der Waals surface area contributed by atoms with Crippen LogP contribution in [-0.4, -0.2) is 27.8 Å². The maximum Gasteiger partial charge on any atom is 0.277 e. The lowest BCUT2D eigenvalue weighted by Gasteiger charge is -2.04. The maximum absolute atomic E-state index is 12.7. The fourth-order valence-electron chi connectivity index (χ4n) is 3.32. The summed E-state index contributed by atoms with van der Waals surface area (Å²) in [5.41, 5.74) is 2.23. The highest BCUT2D eigenvalue weighted by Gasteiger charge is 2.16. The lowest BCUT2D eigenvalue weighted by atomic mass is 10.1. The number of benzene rings is 2. The van der Waals surface area contributed by atoms with Gasteiger partial charge in [0.05, 0.1) is 11.5 Å². The molecule has 1 amide bonds. The van der Waals surface area contributed by atoms with Crippen molar-refractivity contribution in [1.29, 1.82) is 0 Å². The van der Waals surface area contributed by atoms with E-state index in [-0.39, 0.29) is 5.69 Å². The average molecular weight is 473 g/mol. The Morgan fingerprint density at radius 1 is 1.00 bits per heavy atom. The number of aromatic nitrogens is 3. The molecule has 0 aliphatic heterocycles. The van der Waals surface area contributed by atoms with Gasteiger partial charge in [0.15, 0.2) is 11.5 Å². The molecule has 3 aromatic heterocycles. The van der Waals surface area contributed by atoms with Gasteiger partial charge in [-0.05, 0) is 68.4 Å². The quantitative estimate of drug-likeness (QED) is 0.306. The summed E-state index contributed by atoms with van der Waals surface area (Å²) in [4.78, 5) is 19.3. The predicted molar refractivity (Wildman–Crippen MR) is 129 cm³/mol. The molecule has 0 spiro atoms. The Morgan fingerprint density at radius 2 is 1.85 bits per heavy atom. The van der Waals surface area contributed by atoms with Crippen LogP contribution >= 0.6 is 11.3 Å². The molecular formula is C25H20N4O4S. The molecule has 0 bridgehead atoms. The SMILES string of the molecule is CCOc1ccc(-c2cc(C(=O)Nc3cccc(-c4nc(-c5ccc(C)s5)no4)c3)no2)cc1. The van der Waals surface area contributed by atoms with Crippen LogP contribution in [0.15, 0.2) is 75.8 Å². The Kier molecular flexibility index (Phi) is 5.92. The first kappa shape index (κ1) is 21.6. The number of ether oxygens (including phenoxy) is 1. The maximum atomic E-state index is 12.7. The van der Waals surface area contributed by atoms with Gasteiger partial charge >= 0.3 is 0 Å². The van der Waals surface area contributed by atoms with Crippen LogP contribution in [-0.2, 0) is 0 Å². The van der Waals surface area contributed by atoms with Gasteiger partial charge in [0, 0.05) is 27.8 Å². The van der Waals surface area contributed by atoms with Crippen LogP contribution in [0.3, 0.4) is 0 Å². The molecule has 5 aromatic rings. The number of carbonyl (C=O) groups is 1. The Hall–Kier alpha value is -4.24. The fourth-order valence-corrected chi connectivity index (χ4v) is 4.11. The van der Waals surface area contributed by atoms with Crippen molar-refractivity contribution in [3.8, 4) is 39.2 Å². The molecule has 5 rings (SSSR count). The summed E-state index contributed by atoms with van der Waals surface area (Å²) >= 11 is 1.60. The summed E-state index contributed by atoms with van der Waals surface area (Å²) in [6.07, 6.45) is 0. The van der Waals surface area contributed by atoms with Gasteiger partial charge in [-0.15, -0.1) is 11.3 Å². The summed E-state index contributed by atoms with van der Waals surface area (Å²) in [6, 6.07) is 20.1. The topological polar surface area (TPSA) is 103 Å². The van der Waals surface area contributed by atoms with Crippen molar-refractivity contribution in [2.24, 2.45) is 0 Å². The van der Waals surface area contributed by atoms with Crippen LogP contribution in [0, 0.1) is 6.92 Å². The van der Waals surface area contributed by atoms with Crippen molar-refractivity contribution in [2.75, 3.05) is 11.9 Å². The molecule has 0 fully saturated rings. The minimum absolute atomic E-state index is 0.169. The second-order valence-electron chi connectivity index (χ2n) is 7.40. The van der Waals surface area contributed by atoms with Gasteiger partial charge in [-0.1, -0.05) is 16.4 Å². The first-order valence-corrected chi connectivity index (χ1v) is 11.4. The summed E-state index contributed by atoms with van der Waals surface area (Å²) < 4.78 is 16.2. The van der Waals surface area contributed by atoms with E-state index in [9.17, 15) is 4.79 Å². The van der Waals surface area contributed by atoms with Gasteiger partial charge in [-0.2, -0.15) is 4.98 Å². The molecule has 0 aliphatic rings. The van der Waals surface area contributed by atoms with Crippen molar-refractivity contribution in [3.05, 3.63) is 77.3 Å². The number of nitrogens with zero attached hydrogens (tertiary/aromatic N) is 3. The molecule has 3 heterocycles. The number of thiophene rings is 1. The second-order valence-corrected chi connectivity index (χ2v) is 8.69. The highest BCUT2D eigenvalue weighted by molar-refractivity contribution is 7.15. The van der Waals surface area contributed by atoms with Crippen LogP contribution < -0.4 is 10.1 Å². The molecular weight excluding hydrogens is 452 g/mol. The Morgan fingerprint density at radius 3 is 2.62 bits per heavy atom. The molecule has 0 saturated heterocycles. The van der Waals surface area contributed by atoms with Crippen LogP contribution in [0.25, 0.3) is 33.5 Å². The van der Waals surface area contributed by atoms with E-state index in [4.69, 9.17) is 13.8 Å². The third-order valence-electron chi connectivity index (χ3n) is 4.95. The zero-order valence-electron chi connectivity index (χ0n) is 18.4. The minimum atomic E-state index is -0.390. The van der Waals surface area contributed by atoms with E-state index < -0.39 is 5.91 Å². The van der Waals surface area contributed by atoms with Crippen molar-refractivity contribution in [3.63, 3.8) is 0 Å². The largest absolute Gasteiger partial charge is 0.494 e. The zero-order valence-corrected chi connectivity index (χ0v) is 19.3. The predicted octanol–water partition coefficient (Wildman–Crippen LogP) is 6.08. The van der Waals surface area contributed by atoms with Crippen molar-refractivity contribution < 1.29 is 18.6 Å². The van der Waals surface area contributed by atoms with E-state index in [1.165, 1.54) is 4.88 Å². The van der Waals surface area contributed by atoms with Crippen LogP contribution in [0.2, 0.25) is 0 Å². The molecule has 34 heavy (non-hydrogen) atoms. The standard InChI is InChI=1S/C25H20N4O4S/c1-3-31-19-10-8-16(9-11-19)21-14-20(28-32-21)24(30)26-18-6-4-5-17(13-18)25-27-23(29-33-25)22-12-7-15(2)34-22/h4-14H,3H2,1-2H3,(H,26,30). The number of hydrogen-bond acceptors (Lipinski definition) is 8. The van der Waals surface area contributed by atoms with Crippen LogP contribution in [0.4, 0.5) is 5.69 Å². The number of carbonyl (C=O) groups excluding carboxylic acids is 1. The van der Waals surface area contributed by atoms with Crippen molar-refractivity contribution >= 4 is 22.9 Å². The molecule has 0 atom stereocenters. The van der Waals surface area contributed by atoms with E-state index in [0.29, 0.717) is 35.3 Å². The van der Waals surface area contributed by atoms with Gasteiger partial charge in [0.2, 0.25) is 5.82 Å². The molecule has 170 valence electrons. The van der Waals surface area contributed by atoms with Crippen molar-refractivity contribution in [1.82, 2.24) is 15.3 Å². The third-order valence-corrected chi connectivity index (χ3v) is 5.94. The summed E-state index contributed by atoms with van der Waals surface area (Å²) in [6.45, 7) is 4.54. The number of rotatable bonds is 7. The molecule has 1 N–H and O–H groups in total. The summed E-state index contributed by atoms with van der Waals surface area (Å²) in [7, 11) is 0. The number of hydrogen-bond donors (Lipinski definition) is 1. The molecule has 0 unspecified atom stereocenters. The molecule has 9 heteroatoms. The number of anilines is 1. The molecule has 8 nitrogen and oxygen atoms in total. The number of nitrogens with one attached hydrogen (secondary N) is 1. The first-order chi connectivity index (χ1) is 16.6. The third kappa shape index (κ3) is 4.60. The zero-order chi connectivity index (χ0) is 23.5. The van der Waals surface area contributed by atoms with E-state index in [2.05, 4.69) is 20.6 Å². The van der Waals surface area contributed by atoms with Gasteiger partial charge in [-0.3, -0.25) is 4.79 Å². The molecule has 0 aliphatic carbocycles. The van der Waals surface area contributed by atoms with Crippen LogP contribution in [0.5, 0.6) is 5.75 Å². The Labute approximate surface area is 199 Å². The van der Waals surface area contributed by atoms with Gasteiger partial charge in [-0.25, -0.2) is 0 Å². The lowest BCUT2D eigenvalue weighted by molar-refractivity contribution is 0.101. The van der Waals surface area contributed by atoms with E-state index >= 15 is 0 Å². The van der Waals surface area contributed by atoms with E-state index in [0.717, 1.165) is 16.2 Å². The first-order valence-electron chi connectivity index (χ1n) is 10.6. The number of aryl methyl sites for hydroxylation is 1. The molecule has 0 radical (unpaired) electrons.